The van der Waals surface area contributed by atoms with E-state index < -0.39 is 52.2 Å². The number of benzene rings is 1. The van der Waals surface area contributed by atoms with Gasteiger partial charge in [-0.25, -0.2) is 0 Å². The van der Waals surface area contributed by atoms with Crippen LogP contribution in [0.4, 0.5) is 5.82 Å². The van der Waals surface area contributed by atoms with Crippen LogP contribution in [0.15, 0.2) is 30.3 Å². The van der Waals surface area contributed by atoms with Crippen LogP contribution in [0.5, 0.6) is 0 Å². The zero-order valence-electron chi connectivity index (χ0n) is 18.6. The number of ether oxygens (including phenoxy) is 1. The molecule has 4 rings (SSSR count). The third-order valence-corrected chi connectivity index (χ3v) is 8.96. The van der Waals surface area contributed by atoms with E-state index in [2.05, 4.69) is 25.6 Å². The maximum atomic E-state index is 11.9. The fourth-order valence-corrected chi connectivity index (χ4v) is 6.37. The lowest BCUT2D eigenvalue weighted by molar-refractivity contribution is -0.0549. The Kier molecular flexibility index (Phi) is 7.79. The van der Waals surface area contributed by atoms with Crippen LogP contribution in [-0.4, -0.2) is 80.7 Å². The second-order valence-corrected chi connectivity index (χ2v) is 12.4. The van der Waals surface area contributed by atoms with E-state index in [0.717, 1.165) is 10.2 Å². The quantitative estimate of drug-likeness (QED) is 0.158. The Morgan fingerprint density at radius 1 is 1.17 bits per heavy atom. The summed E-state index contributed by atoms with van der Waals surface area (Å²) in [7, 11) is -9.54. The smallest absolute Gasteiger partial charge is 0.340 e. The Balaban J connectivity index is 1.55. The molecule has 6 N–H and O–H groups in total. The summed E-state index contributed by atoms with van der Waals surface area (Å²) in [6.45, 7) is 1.16. The van der Waals surface area contributed by atoms with Gasteiger partial charge < -0.3 is 39.5 Å². The first kappa shape index (κ1) is 27.0. The molecule has 2 aromatic heterocycles. The summed E-state index contributed by atoms with van der Waals surface area (Å²) in [4.78, 5) is 35.7. The molecule has 6 atom stereocenters. The molecule has 0 spiro atoms. The van der Waals surface area contributed by atoms with E-state index in [-0.39, 0.29) is 28.3 Å². The molecule has 2 unspecified atom stereocenters. The predicted molar refractivity (Wildman–Crippen MR) is 125 cm³/mol. The first-order valence-electron chi connectivity index (χ1n) is 10.5. The molecule has 0 radical (unpaired) electrons. The molecule has 15 nitrogen and oxygen atoms in total. The minimum absolute atomic E-state index is 0.0740. The largest absolute Gasteiger partial charge is 0.387 e. The van der Waals surface area contributed by atoms with E-state index in [1.807, 2.05) is 37.3 Å². The van der Waals surface area contributed by atoms with Gasteiger partial charge in [-0.05, 0) is 24.1 Å². The van der Waals surface area contributed by atoms with E-state index in [4.69, 9.17) is 30.6 Å². The predicted octanol–water partition coefficient (Wildman–Crippen LogP) is 1.00. The topological polar surface area (TPSA) is 222 Å². The molecule has 1 aliphatic heterocycles. The fourth-order valence-electron chi connectivity index (χ4n) is 3.64. The first-order chi connectivity index (χ1) is 16.8. The Morgan fingerprint density at radius 2 is 1.86 bits per heavy atom. The Hall–Kier alpha value is -2.03. The van der Waals surface area contributed by atoms with E-state index in [1.165, 1.54) is 0 Å². The SMILES string of the molecule is CC(Nc1nc(Cl)nc2c1nnn2[C@@H]1O[C@H](COP(=O)(O)CP(=O)(O)O)[C@@H](O)[C@H]1O)c1ccccc1. The molecule has 1 saturated heterocycles. The summed E-state index contributed by atoms with van der Waals surface area (Å²) in [5.41, 5.74) is 1.24. The van der Waals surface area contributed by atoms with Crippen LogP contribution < -0.4 is 5.32 Å². The van der Waals surface area contributed by atoms with Crippen molar-refractivity contribution in [1.29, 1.82) is 0 Å². The van der Waals surface area contributed by atoms with Crippen LogP contribution in [-0.2, 0) is 18.4 Å². The summed E-state index contributed by atoms with van der Waals surface area (Å²) in [5.74, 6) is -1.14. The molecular formula is C18H23ClN6O9P2. The van der Waals surface area contributed by atoms with Crippen molar-refractivity contribution in [3.8, 4) is 0 Å². The van der Waals surface area contributed by atoms with E-state index >= 15 is 0 Å². The van der Waals surface area contributed by atoms with Crippen molar-refractivity contribution in [2.75, 3.05) is 17.8 Å². The third-order valence-electron chi connectivity index (χ3n) is 5.33. The summed E-state index contributed by atoms with van der Waals surface area (Å²) in [6.07, 6.45) is -5.87. The number of aliphatic hydroxyl groups is 2. The van der Waals surface area contributed by atoms with Crippen molar-refractivity contribution in [2.24, 2.45) is 0 Å². The molecule has 3 heterocycles. The second kappa shape index (κ2) is 10.4. The lowest BCUT2D eigenvalue weighted by atomic mass is 10.1. The number of fused-ring (bicyclic) bond motifs is 1. The van der Waals surface area contributed by atoms with Gasteiger partial charge in [0.15, 0.2) is 29.1 Å². The van der Waals surface area contributed by atoms with Gasteiger partial charge in [0, 0.05) is 0 Å². The number of aliphatic hydroxyl groups excluding tert-OH is 2. The van der Waals surface area contributed by atoms with Gasteiger partial charge in [-0.1, -0.05) is 35.5 Å². The Bertz CT molecular complexity index is 1330. The van der Waals surface area contributed by atoms with Crippen LogP contribution in [0.1, 0.15) is 24.8 Å². The maximum absolute atomic E-state index is 11.9. The van der Waals surface area contributed by atoms with Crippen LogP contribution in [0.2, 0.25) is 5.28 Å². The number of aromatic nitrogens is 5. The minimum Gasteiger partial charge on any atom is -0.387 e. The number of hydrogen-bond acceptors (Lipinski definition) is 11. The number of nitrogens with zero attached hydrogens (tertiary/aromatic N) is 5. The maximum Gasteiger partial charge on any atom is 0.340 e. The molecule has 196 valence electrons. The van der Waals surface area contributed by atoms with Crippen molar-refractivity contribution in [2.45, 2.75) is 37.5 Å². The second-order valence-electron chi connectivity index (χ2n) is 8.11. The number of halogens is 1. The minimum atomic E-state index is -4.84. The highest BCUT2D eigenvalue weighted by Crippen LogP contribution is 2.55. The molecule has 36 heavy (non-hydrogen) atoms. The molecule has 0 bridgehead atoms. The average Bonchev–Trinajstić information content (AvgIpc) is 3.32. The van der Waals surface area contributed by atoms with Crippen molar-refractivity contribution in [3.63, 3.8) is 0 Å². The van der Waals surface area contributed by atoms with Gasteiger partial charge in [0.25, 0.3) is 0 Å². The van der Waals surface area contributed by atoms with Gasteiger partial charge in [-0.15, -0.1) is 5.10 Å². The molecule has 0 saturated carbocycles. The number of nitrogens with one attached hydrogen (secondary N) is 1. The van der Waals surface area contributed by atoms with Gasteiger partial charge in [-0.3, -0.25) is 9.13 Å². The first-order valence-corrected chi connectivity index (χ1v) is 14.4. The van der Waals surface area contributed by atoms with Crippen LogP contribution in [0.25, 0.3) is 11.2 Å². The molecule has 0 aliphatic carbocycles. The highest BCUT2D eigenvalue weighted by molar-refractivity contribution is 7.70. The average molecular weight is 565 g/mol. The zero-order chi connectivity index (χ0) is 26.3. The summed E-state index contributed by atoms with van der Waals surface area (Å²) < 4.78 is 34.3. The molecule has 1 aromatic carbocycles. The Morgan fingerprint density at radius 3 is 2.53 bits per heavy atom. The summed E-state index contributed by atoms with van der Waals surface area (Å²) >= 11 is 6.11. The van der Waals surface area contributed by atoms with Crippen molar-refractivity contribution in [1.82, 2.24) is 25.0 Å². The van der Waals surface area contributed by atoms with E-state index in [0.29, 0.717) is 0 Å². The van der Waals surface area contributed by atoms with Crippen molar-refractivity contribution in [3.05, 3.63) is 41.2 Å². The highest BCUT2D eigenvalue weighted by atomic mass is 35.5. The molecule has 1 fully saturated rings. The summed E-state index contributed by atoms with van der Waals surface area (Å²) in [5, 5.41) is 32.0. The van der Waals surface area contributed by atoms with Crippen LogP contribution >= 0.6 is 26.8 Å². The highest BCUT2D eigenvalue weighted by Gasteiger charge is 2.46. The van der Waals surface area contributed by atoms with Gasteiger partial charge in [-0.2, -0.15) is 14.6 Å². The van der Waals surface area contributed by atoms with Crippen LogP contribution in [0.3, 0.4) is 0 Å². The monoisotopic (exact) mass is 564 g/mol. The molecule has 3 aromatic rings. The molecule has 1 aliphatic rings. The fraction of sp³-hybridized carbons (Fsp3) is 0.444. The molecule has 18 heteroatoms. The lowest BCUT2D eigenvalue weighted by Gasteiger charge is -2.18. The lowest BCUT2D eigenvalue weighted by Crippen LogP contribution is -2.33. The number of hydrogen-bond donors (Lipinski definition) is 6. The molecular weight excluding hydrogens is 542 g/mol. The Labute approximate surface area is 208 Å². The summed E-state index contributed by atoms with van der Waals surface area (Å²) in [6, 6.07) is 9.32. The van der Waals surface area contributed by atoms with E-state index in [1.54, 1.807) is 0 Å². The molecule has 0 amide bonds. The zero-order valence-corrected chi connectivity index (χ0v) is 21.1. The normalized spacial score (nSPS) is 25.1. The van der Waals surface area contributed by atoms with Crippen molar-refractivity contribution < 1.29 is 43.3 Å². The van der Waals surface area contributed by atoms with Gasteiger partial charge in [0.05, 0.1) is 12.6 Å². The third kappa shape index (κ3) is 6.09. The number of rotatable bonds is 9. The van der Waals surface area contributed by atoms with Crippen molar-refractivity contribution >= 4 is 43.8 Å². The van der Waals surface area contributed by atoms with Gasteiger partial charge in [0.2, 0.25) is 5.28 Å². The number of anilines is 1. The van der Waals surface area contributed by atoms with Gasteiger partial charge >= 0.3 is 15.2 Å². The van der Waals surface area contributed by atoms with Gasteiger partial charge in [0.1, 0.15) is 18.3 Å². The standard InChI is InChI=1S/C18H23ClN6O9P2/c1-9(10-5-3-2-4-6-10)20-15-12-16(22-18(19)21-15)25(24-23-12)17-14(27)13(26)11(34-17)7-33-36(31,32)8-35(28,29)30/h2-6,9,11,13-14,17,26-27H,7-8H2,1H3,(H,31,32)(H,20,21,22)(H2,28,29,30)/t9?,11-,13-,14-,17-/m1/s1. The van der Waals surface area contributed by atoms with E-state index in [9.17, 15) is 24.2 Å². The van der Waals surface area contributed by atoms with Crippen LogP contribution in [0, 0.1) is 0 Å².